The van der Waals surface area contributed by atoms with Crippen LogP contribution >= 0.6 is 0 Å². The van der Waals surface area contributed by atoms with Gasteiger partial charge in [0.15, 0.2) is 0 Å². The summed E-state index contributed by atoms with van der Waals surface area (Å²) < 4.78 is 11.4. The lowest BCUT2D eigenvalue weighted by Gasteiger charge is -2.15. The maximum absolute atomic E-state index is 9.92. The highest BCUT2D eigenvalue weighted by atomic mass is 16.5. The van der Waals surface area contributed by atoms with Crippen molar-refractivity contribution in [2.24, 2.45) is 0 Å². The molecule has 4 heteroatoms. The first kappa shape index (κ1) is 21.2. The molecule has 3 aromatic carbocycles. The molecule has 0 amide bonds. The molecule has 1 heterocycles. The normalized spacial score (nSPS) is 10.5. The van der Waals surface area contributed by atoms with E-state index in [1.807, 2.05) is 36.4 Å². The molecule has 4 nitrogen and oxygen atoms in total. The van der Waals surface area contributed by atoms with Gasteiger partial charge in [-0.3, -0.25) is 0 Å². The Morgan fingerprint density at radius 2 is 1.67 bits per heavy atom. The molecule has 0 aliphatic heterocycles. The van der Waals surface area contributed by atoms with E-state index >= 15 is 0 Å². The van der Waals surface area contributed by atoms with E-state index in [2.05, 4.69) is 32.0 Å². The summed E-state index contributed by atoms with van der Waals surface area (Å²) in [4.78, 5) is 4.97. The number of aromatic hydroxyl groups is 1. The number of aryl methyl sites for hydroxylation is 2. The minimum absolute atomic E-state index is 0. The third-order valence-electron chi connectivity index (χ3n) is 4.99. The minimum atomic E-state index is 0. The van der Waals surface area contributed by atoms with E-state index in [4.69, 9.17) is 14.5 Å². The van der Waals surface area contributed by atoms with E-state index in [-0.39, 0.29) is 13.2 Å². The molecule has 0 bridgehead atoms. The van der Waals surface area contributed by atoms with Crippen LogP contribution in [0.25, 0.3) is 22.2 Å². The highest BCUT2D eigenvalue weighted by Gasteiger charge is 2.14. The van der Waals surface area contributed by atoms with E-state index in [0.29, 0.717) is 18.1 Å². The van der Waals surface area contributed by atoms with Gasteiger partial charge in [0.25, 0.3) is 0 Å². The van der Waals surface area contributed by atoms with Crippen molar-refractivity contribution < 1.29 is 14.6 Å². The number of rotatable bonds is 5. The fourth-order valence-electron chi connectivity index (χ4n) is 3.47. The maximum atomic E-state index is 9.92. The monoisotopic (exact) mass is 401 g/mol. The molecule has 0 spiro atoms. The largest absolute Gasteiger partial charge is 0.508 e. The molecule has 4 rings (SSSR count). The van der Waals surface area contributed by atoms with Crippen LogP contribution in [0, 0.1) is 13.8 Å². The molecule has 0 radical (unpaired) electrons. The minimum Gasteiger partial charge on any atom is -0.508 e. The fraction of sp³-hybridized carbons (Fsp3) is 0.192. The summed E-state index contributed by atoms with van der Waals surface area (Å²) in [5.41, 5.74) is 5.91. The van der Waals surface area contributed by atoms with Gasteiger partial charge < -0.3 is 14.6 Å². The number of phenols is 1. The van der Waals surface area contributed by atoms with Gasteiger partial charge in [0, 0.05) is 17.0 Å². The number of pyridine rings is 1. The molecule has 0 aliphatic carbocycles. The van der Waals surface area contributed by atoms with Gasteiger partial charge in [-0.05, 0) is 48.7 Å². The van der Waals surface area contributed by atoms with E-state index in [9.17, 15) is 5.11 Å². The van der Waals surface area contributed by atoms with Crippen molar-refractivity contribution in [3.05, 3.63) is 83.4 Å². The Morgan fingerprint density at radius 1 is 0.900 bits per heavy atom. The predicted molar refractivity (Wildman–Crippen MR) is 122 cm³/mol. The van der Waals surface area contributed by atoms with Gasteiger partial charge in [0.05, 0.1) is 12.6 Å². The van der Waals surface area contributed by atoms with Crippen molar-refractivity contribution in [3.8, 4) is 28.5 Å². The van der Waals surface area contributed by atoms with Crippen LogP contribution in [0.15, 0.2) is 66.7 Å². The van der Waals surface area contributed by atoms with E-state index in [1.54, 1.807) is 19.2 Å². The Labute approximate surface area is 177 Å². The zero-order valence-electron chi connectivity index (χ0n) is 16.8. The molecule has 0 saturated heterocycles. The summed E-state index contributed by atoms with van der Waals surface area (Å²) in [7, 11) is 1.57. The molecule has 0 fully saturated rings. The van der Waals surface area contributed by atoms with Crippen LogP contribution in [-0.2, 0) is 6.61 Å². The number of nitrogens with zero attached hydrogens (tertiary/aromatic N) is 1. The van der Waals surface area contributed by atoms with Crippen LogP contribution < -0.4 is 9.47 Å². The topological polar surface area (TPSA) is 51.6 Å². The number of benzene rings is 3. The van der Waals surface area contributed by atoms with Crippen molar-refractivity contribution >= 4 is 10.9 Å². The molecule has 4 aromatic rings. The number of hydrogen-bond acceptors (Lipinski definition) is 4. The second-order valence-electron chi connectivity index (χ2n) is 7.12. The Kier molecular flexibility index (Phi) is 6.26. The first-order chi connectivity index (χ1) is 14.0. The molecular formula is C26H27NO3. The van der Waals surface area contributed by atoms with Crippen molar-refractivity contribution in [2.45, 2.75) is 27.9 Å². The van der Waals surface area contributed by atoms with Gasteiger partial charge in [-0.15, -0.1) is 0 Å². The lowest BCUT2D eigenvalue weighted by Crippen LogP contribution is -2.00. The Hall–Kier alpha value is -3.53. The Morgan fingerprint density at radius 3 is 2.43 bits per heavy atom. The molecule has 0 aliphatic rings. The first-order valence-electron chi connectivity index (χ1n) is 9.51. The number of aromatic nitrogens is 1. The number of phenolic OH excluding ortho intramolecular Hbond substituents is 1. The van der Waals surface area contributed by atoms with Gasteiger partial charge in [-0.1, -0.05) is 49.9 Å². The third-order valence-corrected chi connectivity index (χ3v) is 4.99. The standard InChI is InChI=1S/C25H23NO3.CH4/c1-16-7-4-5-10-22(16)25-23(13-19-9-6-8-17(2)24(19)26-25)29-15-18-11-20(27)14-21(12-18)28-3;/h4-14,27H,15H2,1-3H3;1H4. The molecule has 154 valence electrons. The fourth-order valence-corrected chi connectivity index (χ4v) is 3.47. The molecule has 0 saturated carbocycles. The molecule has 30 heavy (non-hydrogen) atoms. The van der Waals surface area contributed by atoms with Gasteiger partial charge in [-0.2, -0.15) is 0 Å². The zero-order valence-corrected chi connectivity index (χ0v) is 16.8. The molecule has 0 atom stereocenters. The lowest BCUT2D eigenvalue weighted by atomic mass is 10.0. The second-order valence-corrected chi connectivity index (χ2v) is 7.12. The predicted octanol–water partition coefficient (Wildman–Crippen LogP) is 6.45. The van der Waals surface area contributed by atoms with Crippen LogP contribution in [0.1, 0.15) is 24.1 Å². The Bertz CT molecular complexity index is 1180. The summed E-state index contributed by atoms with van der Waals surface area (Å²) in [6.07, 6.45) is 0. The smallest absolute Gasteiger partial charge is 0.146 e. The lowest BCUT2D eigenvalue weighted by molar-refractivity contribution is 0.305. The van der Waals surface area contributed by atoms with Gasteiger partial charge in [0.1, 0.15) is 29.5 Å². The van der Waals surface area contributed by atoms with E-state index < -0.39 is 0 Å². The molecule has 1 aromatic heterocycles. The summed E-state index contributed by atoms with van der Waals surface area (Å²) in [5.74, 6) is 1.45. The van der Waals surface area contributed by atoms with Crippen LogP contribution in [0.3, 0.4) is 0 Å². The number of methoxy groups -OCH3 is 1. The third kappa shape index (κ3) is 4.23. The highest BCUT2D eigenvalue weighted by molar-refractivity contribution is 5.87. The number of fused-ring (bicyclic) bond motifs is 1. The van der Waals surface area contributed by atoms with Crippen LogP contribution in [0.2, 0.25) is 0 Å². The summed E-state index contributed by atoms with van der Waals surface area (Å²) >= 11 is 0. The summed E-state index contributed by atoms with van der Waals surface area (Å²) in [6.45, 7) is 4.43. The second kappa shape index (κ2) is 8.87. The summed E-state index contributed by atoms with van der Waals surface area (Å²) in [5, 5.41) is 10.9. The average Bonchev–Trinajstić information content (AvgIpc) is 2.72. The SMILES string of the molecule is C.COc1cc(O)cc(COc2cc3cccc(C)c3nc2-c2ccccc2C)c1. The van der Waals surface area contributed by atoms with Crippen molar-refractivity contribution in [1.29, 1.82) is 0 Å². The summed E-state index contributed by atoms with van der Waals surface area (Å²) in [6, 6.07) is 21.4. The van der Waals surface area contributed by atoms with Crippen LogP contribution in [0.5, 0.6) is 17.2 Å². The zero-order chi connectivity index (χ0) is 20.4. The Balaban J connectivity index is 0.00000256. The van der Waals surface area contributed by atoms with Crippen LogP contribution in [0.4, 0.5) is 0 Å². The number of hydrogen-bond donors (Lipinski definition) is 1. The van der Waals surface area contributed by atoms with Gasteiger partial charge >= 0.3 is 0 Å². The highest BCUT2D eigenvalue weighted by Crippen LogP contribution is 2.35. The molecule has 1 N–H and O–H groups in total. The average molecular weight is 402 g/mol. The van der Waals surface area contributed by atoms with Crippen molar-refractivity contribution in [1.82, 2.24) is 4.98 Å². The van der Waals surface area contributed by atoms with Crippen LogP contribution in [-0.4, -0.2) is 17.2 Å². The molecule has 0 unspecified atom stereocenters. The number of ether oxygens (including phenoxy) is 2. The maximum Gasteiger partial charge on any atom is 0.146 e. The quantitative estimate of drug-likeness (QED) is 0.418. The van der Waals surface area contributed by atoms with Gasteiger partial charge in [0.2, 0.25) is 0 Å². The van der Waals surface area contributed by atoms with E-state index in [0.717, 1.165) is 38.9 Å². The number of para-hydroxylation sites is 1. The van der Waals surface area contributed by atoms with E-state index in [1.165, 1.54) is 0 Å². The van der Waals surface area contributed by atoms with Crippen molar-refractivity contribution in [2.75, 3.05) is 7.11 Å². The molecular weight excluding hydrogens is 374 g/mol. The van der Waals surface area contributed by atoms with Crippen molar-refractivity contribution in [3.63, 3.8) is 0 Å². The van der Waals surface area contributed by atoms with Gasteiger partial charge in [-0.25, -0.2) is 4.98 Å². The first-order valence-corrected chi connectivity index (χ1v) is 9.51.